The third kappa shape index (κ3) is 4.84. The standard InChI is InChI=1S/C20H28N2O4/c1-13-16(19(25)26)6-5-11-22(13)18(24)15-9-7-14(8-10-15)17(23)21-12-20(2,3)4/h7-10,13,16H,5-6,11-12H2,1-4H3,(H,21,23)(H,25,26)/t13-,16-/m1/s1. The summed E-state index contributed by atoms with van der Waals surface area (Å²) < 4.78 is 0. The zero-order valence-corrected chi connectivity index (χ0v) is 15.9. The van der Waals surface area contributed by atoms with Gasteiger partial charge in [0.15, 0.2) is 0 Å². The molecule has 0 unspecified atom stereocenters. The van der Waals surface area contributed by atoms with E-state index in [1.165, 1.54) is 0 Å². The van der Waals surface area contributed by atoms with E-state index in [9.17, 15) is 19.5 Å². The summed E-state index contributed by atoms with van der Waals surface area (Å²) in [4.78, 5) is 37.9. The van der Waals surface area contributed by atoms with Gasteiger partial charge in [-0.15, -0.1) is 0 Å². The summed E-state index contributed by atoms with van der Waals surface area (Å²) in [5.41, 5.74) is 0.965. The van der Waals surface area contributed by atoms with E-state index in [-0.39, 0.29) is 23.3 Å². The van der Waals surface area contributed by atoms with Crippen molar-refractivity contribution in [2.45, 2.75) is 46.6 Å². The predicted octanol–water partition coefficient (Wildman–Crippen LogP) is 2.79. The van der Waals surface area contributed by atoms with Gasteiger partial charge >= 0.3 is 5.97 Å². The maximum atomic E-state index is 12.7. The van der Waals surface area contributed by atoms with Crippen molar-refractivity contribution in [2.24, 2.45) is 11.3 Å². The molecular weight excluding hydrogens is 332 g/mol. The number of nitrogens with zero attached hydrogens (tertiary/aromatic N) is 1. The van der Waals surface area contributed by atoms with E-state index in [1.807, 2.05) is 20.8 Å². The van der Waals surface area contributed by atoms with Crippen molar-refractivity contribution in [3.8, 4) is 0 Å². The lowest BCUT2D eigenvalue weighted by atomic mass is 9.90. The topological polar surface area (TPSA) is 86.7 Å². The molecule has 1 heterocycles. The number of likely N-dealkylation sites (tertiary alicyclic amines) is 1. The van der Waals surface area contributed by atoms with E-state index >= 15 is 0 Å². The second kappa shape index (κ2) is 7.89. The maximum Gasteiger partial charge on any atom is 0.308 e. The second-order valence-electron chi connectivity index (χ2n) is 8.15. The molecule has 1 aliphatic heterocycles. The Morgan fingerprint density at radius 3 is 2.27 bits per heavy atom. The molecule has 0 saturated carbocycles. The van der Waals surface area contributed by atoms with Gasteiger partial charge in [0.1, 0.15) is 0 Å². The number of carboxylic acid groups (broad SMARTS) is 1. The molecule has 2 amide bonds. The Hall–Kier alpha value is -2.37. The Kier molecular flexibility index (Phi) is 6.05. The molecule has 1 aliphatic rings. The van der Waals surface area contributed by atoms with E-state index in [0.29, 0.717) is 37.1 Å². The highest BCUT2D eigenvalue weighted by molar-refractivity contribution is 5.98. The molecule has 142 valence electrons. The molecule has 0 bridgehead atoms. The first kappa shape index (κ1) is 19.9. The molecule has 1 aromatic carbocycles. The van der Waals surface area contributed by atoms with Gasteiger partial charge in [-0.3, -0.25) is 14.4 Å². The molecule has 1 saturated heterocycles. The van der Waals surface area contributed by atoms with Crippen LogP contribution in [0.1, 0.15) is 61.3 Å². The van der Waals surface area contributed by atoms with Crippen molar-refractivity contribution in [1.82, 2.24) is 10.2 Å². The summed E-state index contributed by atoms with van der Waals surface area (Å²) in [7, 11) is 0. The minimum atomic E-state index is -0.860. The number of rotatable bonds is 4. The molecule has 2 N–H and O–H groups in total. The smallest absolute Gasteiger partial charge is 0.308 e. The van der Waals surface area contributed by atoms with Crippen molar-refractivity contribution >= 4 is 17.8 Å². The molecule has 1 fully saturated rings. The Morgan fingerprint density at radius 2 is 1.73 bits per heavy atom. The van der Waals surface area contributed by atoms with Crippen LogP contribution in [0.15, 0.2) is 24.3 Å². The van der Waals surface area contributed by atoms with Gasteiger partial charge < -0.3 is 15.3 Å². The van der Waals surface area contributed by atoms with Crippen LogP contribution in [0.5, 0.6) is 0 Å². The number of carbonyl (C=O) groups excluding carboxylic acids is 2. The fourth-order valence-electron chi connectivity index (χ4n) is 3.14. The van der Waals surface area contributed by atoms with Crippen LogP contribution in [0, 0.1) is 11.3 Å². The van der Waals surface area contributed by atoms with Gasteiger partial charge in [-0.25, -0.2) is 0 Å². The number of hydrogen-bond acceptors (Lipinski definition) is 3. The molecule has 0 spiro atoms. The highest BCUT2D eigenvalue weighted by Crippen LogP contribution is 2.25. The van der Waals surface area contributed by atoms with Gasteiger partial charge in [-0.05, 0) is 49.4 Å². The molecule has 1 aromatic rings. The molecule has 0 radical (unpaired) electrons. The van der Waals surface area contributed by atoms with Crippen LogP contribution in [-0.4, -0.2) is 46.9 Å². The summed E-state index contributed by atoms with van der Waals surface area (Å²) in [6.07, 6.45) is 1.27. The third-order valence-corrected chi connectivity index (χ3v) is 4.74. The monoisotopic (exact) mass is 360 g/mol. The largest absolute Gasteiger partial charge is 0.481 e. The van der Waals surface area contributed by atoms with Crippen LogP contribution in [-0.2, 0) is 4.79 Å². The maximum absolute atomic E-state index is 12.7. The average Bonchev–Trinajstić information content (AvgIpc) is 2.58. The first-order valence-corrected chi connectivity index (χ1v) is 9.02. The van der Waals surface area contributed by atoms with Gasteiger partial charge in [0, 0.05) is 30.3 Å². The van der Waals surface area contributed by atoms with E-state index in [1.54, 1.807) is 36.1 Å². The number of piperidine rings is 1. The van der Waals surface area contributed by atoms with Crippen LogP contribution >= 0.6 is 0 Å². The van der Waals surface area contributed by atoms with Crippen LogP contribution in [0.4, 0.5) is 0 Å². The van der Waals surface area contributed by atoms with E-state index in [4.69, 9.17) is 0 Å². The summed E-state index contributed by atoms with van der Waals surface area (Å²) >= 11 is 0. The first-order chi connectivity index (χ1) is 12.1. The van der Waals surface area contributed by atoms with Crippen molar-refractivity contribution in [3.05, 3.63) is 35.4 Å². The number of nitrogens with one attached hydrogen (secondary N) is 1. The number of aliphatic carboxylic acids is 1. The van der Waals surface area contributed by atoms with E-state index in [0.717, 1.165) is 0 Å². The zero-order valence-electron chi connectivity index (χ0n) is 15.9. The molecule has 6 nitrogen and oxygen atoms in total. The summed E-state index contributed by atoms with van der Waals surface area (Å²) in [5.74, 6) is -1.75. The molecule has 6 heteroatoms. The number of carbonyl (C=O) groups is 3. The lowest BCUT2D eigenvalue weighted by Crippen LogP contribution is -2.49. The Balaban J connectivity index is 2.06. The number of hydrogen-bond donors (Lipinski definition) is 2. The third-order valence-electron chi connectivity index (χ3n) is 4.74. The van der Waals surface area contributed by atoms with Crippen molar-refractivity contribution in [1.29, 1.82) is 0 Å². The highest BCUT2D eigenvalue weighted by Gasteiger charge is 2.35. The van der Waals surface area contributed by atoms with Gasteiger partial charge in [-0.1, -0.05) is 20.8 Å². The molecule has 2 rings (SSSR count). The molecule has 2 atom stereocenters. The molecule has 0 aliphatic carbocycles. The van der Waals surface area contributed by atoms with Crippen LogP contribution < -0.4 is 5.32 Å². The van der Waals surface area contributed by atoms with Crippen LogP contribution in [0.2, 0.25) is 0 Å². The summed E-state index contributed by atoms with van der Waals surface area (Å²) in [5, 5.41) is 12.2. The normalized spacial score (nSPS) is 20.5. The second-order valence-corrected chi connectivity index (χ2v) is 8.15. The fraction of sp³-hybridized carbons (Fsp3) is 0.550. The number of amides is 2. The SMILES string of the molecule is C[C@@H]1[C@H](C(=O)O)CCCN1C(=O)c1ccc(C(=O)NCC(C)(C)C)cc1. The van der Waals surface area contributed by atoms with Gasteiger partial charge in [0.05, 0.1) is 5.92 Å². The lowest BCUT2D eigenvalue weighted by Gasteiger charge is -2.37. The lowest BCUT2D eigenvalue weighted by molar-refractivity contribution is -0.144. The highest BCUT2D eigenvalue weighted by atomic mass is 16.4. The van der Waals surface area contributed by atoms with Crippen molar-refractivity contribution in [2.75, 3.05) is 13.1 Å². The van der Waals surface area contributed by atoms with Crippen molar-refractivity contribution in [3.63, 3.8) is 0 Å². The van der Waals surface area contributed by atoms with E-state index in [2.05, 4.69) is 5.32 Å². The van der Waals surface area contributed by atoms with Crippen molar-refractivity contribution < 1.29 is 19.5 Å². The van der Waals surface area contributed by atoms with E-state index < -0.39 is 11.9 Å². The summed E-state index contributed by atoms with van der Waals surface area (Å²) in [6.45, 7) is 9.02. The average molecular weight is 360 g/mol. The Labute approximate surface area is 154 Å². The van der Waals surface area contributed by atoms with Gasteiger partial charge in [0.25, 0.3) is 11.8 Å². The fourth-order valence-corrected chi connectivity index (χ4v) is 3.14. The predicted molar refractivity (Wildman–Crippen MR) is 99.1 cm³/mol. The minimum absolute atomic E-state index is 0.00332. The summed E-state index contributed by atoms with van der Waals surface area (Å²) in [6, 6.07) is 6.18. The molecule has 26 heavy (non-hydrogen) atoms. The van der Waals surface area contributed by atoms with Crippen LogP contribution in [0.3, 0.4) is 0 Å². The first-order valence-electron chi connectivity index (χ1n) is 9.02. The number of benzene rings is 1. The Bertz CT molecular complexity index is 676. The Morgan fingerprint density at radius 1 is 1.15 bits per heavy atom. The molecular formula is C20H28N2O4. The number of carboxylic acids is 1. The van der Waals surface area contributed by atoms with Gasteiger partial charge in [0.2, 0.25) is 0 Å². The van der Waals surface area contributed by atoms with Gasteiger partial charge in [-0.2, -0.15) is 0 Å². The minimum Gasteiger partial charge on any atom is -0.481 e. The zero-order chi connectivity index (χ0) is 19.5. The van der Waals surface area contributed by atoms with Crippen LogP contribution in [0.25, 0.3) is 0 Å². The molecule has 0 aromatic heterocycles. The quantitative estimate of drug-likeness (QED) is 0.864.